The van der Waals surface area contributed by atoms with Crippen molar-refractivity contribution in [2.45, 2.75) is 17.8 Å². The molecule has 1 aromatic heterocycles. The number of hydrogen-bond donors (Lipinski definition) is 0. The van der Waals surface area contributed by atoms with Crippen LogP contribution >= 0.6 is 11.8 Å². The van der Waals surface area contributed by atoms with E-state index < -0.39 is 6.10 Å². The second kappa shape index (κ2) is 10.4. The minimum absolute atomic E-state index is 0.0177. The van der Waals surface area contributed by atoms with Gasteiger partial charge >= 0.3 is 0 Å². The molecule has 2 aliphatic heterocycles. The van der Waals surface area contributed by atoms with Gasteiger partial charge in [-0.25, -0.2) is 4.39 Å². The van der Waals surface area contributed by atoms with Crippen molar-refractivity contribution in [3.8, 4) is 11.5 Å². The predicted molar refractivity (Wildman–Crippen MR) is 131 cm³/mol. The molecule has 0 unspecified atom stereocenters. The number of carbonyl (C=O) groups excluding carboxylic acids is 1. The number of ether oxygens (including phenoxy) is 2. The molecule has 2 aliphatic rings. The Bertz CT molecular complexity index is 1210. The number of halogens is 1. The first kappa shape index (κ1) is 23.2. The van der Waals surface area contributed by atoms with Gasteiger partial charge in [-0.15, -0.1) is 16.8 Å². The maximum absolute atomic E-state index is 14.1. The lowest BCUT2D eigenvalue weighted by Gasteiger charge is -2.36. The molecule has 1 fully saturated rings. The molecular weight excluding hydrogens is 469 g/mol. The van der Waals surface area contributed by atoms with Gasteiger partial charge in [0.15, 0.2) is 28.6 Å². The average Bonchev–Trinajstić information content (AvgIpc) is 3.30. The topological polar surface area (TPSA) is 72.7 Å². The van der Waals surface area contributed by atoms with Gasteiger partial charge in [-0.1, -0.05) is 42.1 Å². The standard InChI is InChI=1S/C25H26FN5O3S/c1-2-11-31-24(22-16-33-20-9-5-6-10-21(20)34-22)27-28-25(31)35-17-23(32)30-14-12-29(13-15-30)19-8-4-3-7-18(19)26/h2-10,22H,1,11-17H2/t22-/m0/s1. The van der Waals surface area contributed by atoms with E-state index in [9.17, 15) is 9.18 Å². The van der Waals surface area contributed by atoms with E-state index in [-0.39, 0.29) is 17.5 Å². The van der Waals surface area contributed by atoms with Crippen molar-refractivity contribution in [2.75, 3.05) is 43.4 Å². The zero-order valence-electron chi connectivity index (χ0n) is 19.2. The summed E-state index contributed by atoms with van der Waals surface area (Å²) in [6, 6.07) is 14.2. The third kappa shape index (κ3) is 4.97. The summed E-state index contributed by atoms with van der Waals surface area (Å²) in [5, 5.41) is 9.29. The molecule has 1 atom stereocenters. The quantitative estimate of drug-likeness (QED) is 0.367. The molecule has 8 nitrogen and oxygen atoms in total. The lowest BCUT2D eigenvalue weighted by molar-refractivity contribution is -0.128. The van der Waals surface area contributed by atoms with Gasteiger partial charge < -0.3 is 19.3 Å². The molecule has 0 bridgehead atoms. The highest BCUT2D eigenvalue weighted by molar-refractivity contribution is 7.99. The number of carbonyl (C=O) groups is 1. The summed E-state index contributed by atoms with van der Waals surface area (Å²) in [5.74, 6) is 2.01. The Labute approximate surface area is 207 Å². The molecule has 35 heavy (non-hydrogen) atoms. The van der Waals surface area contributed by atoms with Crippen molar-refractivity contribution < 1.29 is 18.7 Å². The molecule has 0 spiro atoms. The van der Waals surface area contributed by atoms with E-state index in [0.717, 1.165) is 0 Å². The SMILES string of the molecule is C=CCn1c(SCC(=O)N2CCN(c3ccccc3F)CC2)nnc1[C@@H]1COc2ccccc2O1. The fourth-order valence-electron chi connectivity index (χ4n) is 4.21. The molecule has 0 radical (unpaired) electrons. The molecule has 2 aromatic carbocycles. The molecule has 0 N–H and O–H groups in total. The van der Waals surface area contributed by atoms with Gasteiger partial charge in [-0.3, -0.25) is 9.36 Å². The second-order valence-electron chi connectivity index (χ2n) is 8.21. The van der Waals surface area contributed by atoms with Crippen molar-refractivity contribution >= 4 is 23.4 Å². The maximum Gasteiger partial charge on any atom is 0.233 e. The predicted octanol–water partition coefficient (Wildman–Crippen LogP) is 3.56. The highest BCUT2D eigenvalue weighted by atomic mass is 32.2. The van der Waals surface area contributed by atoms with E-state index in [1.165, 1.54) is 17.8 Å². The molecule has 10 heteroatoms. The van der Waals surface area contributed by atoms with Crippen LogP contribution in [0.25, 0.3) is 0 Å². The molecule has 5 rings (SSSR count). The van der Waals surface area contributed by atoms with Crippen LogP contribution in [0.5, 0.6) is 11.5 Å². The van der Waals surface area contributed by atoms with Gasteiger partial charge in [0.25, 0.3) is 0 Å². The number of rotatable bonds is 7. The number of aromatic nitrogens is 3. The van der Waals surface area contributed by atoms with Crippen LogP contribution in [0.4, 0.5) is 10.1 Å². The minimum Gasteiger partial charge on any atom is -0.485 e. The number of amides is 1. The number of allylic oxidation sites excluding steroid dienone is 1. The van der Waals surface area contributed by atoms with Crippen molar-refractivity contribution in [1.82, 2.24) is 19.7 Å². The third-order valence-electron chi connectivity index (χ3n) is 6.00. The Hall–Kier alpha value is -3.53. The molecule has 0 aliphatic carbocycles. The summed E-state index contributed by atoms with van der Waals surface area (Å²) in [6.45, 7) is 6.93. The summed E-state index contributed by atoms with van der Waals surface area (Å²) >= 11 is 1.34. The first-order valence-electron chi connectivity index (χ1n) is 11.5. The van der Waals surface area contributed by atoms with E-state index in [4.69, 9.17) is 9.47 Å². The molecule has 1 saturated heterocycles. The number of hydrogen-bond acceptors (Lipinski definition) is 7. The highest BCUT2D eigenvalue weighted by Gasteiger charge is 2.29. The number of anilines is 1. The molecule has 3 heterocycles. The summed E-state index contributed by atoms with van der Waals surface area (Å²) in [5.41, 5.74) is 0.579. The Balaban J connectivity index is 1.20. The Morgan fingerprint density at radius 2 is 1.83 bits per heavy atom. The number of piperazine rings is 1. The van der Waals surface area contributed by atoms with Crippen LogP contribution in [0.2, 0.25) is 0 Å². The molecule has 1 amide bonds. The van der Waals surface area contributed by atoms with Gasteiger partial charge in [0.05, 0.1) is 11.4 Å². The van der Waals surface area contributed by atoms with Crippen molar-refractivity contribution in [1.29, 1.82) is 0 Å². The number of thioether (sulfide) groups is 1. The summed E-state index contributed by atoms with van der Waals surface area (Å²) in [4.78, 5) is 16.7. The van der Waals surface area contributed by atoms with Crippen LogP contribution in [0.1, 0.15) is 11.9 Å². The average molecular weight is 496 g/mol. The summed E-state index contributed by atoms with van der Waals surface area (Å²) in [7, 11) is 0. The Kier molecular flexibility index (Phi) is 6.89. The first-order chi connectivity index (χ1) is 17.1. The van der Waals surface area contributed by atoms with Crippen LogP contribution in [-0.4, -0.2) is 64.1 Å². The van der Waals surface area contributed by atoms with Crippen molar-refractivity contribution in [3.63, 3.8) is 0 Å². The maximum atomic E-state index is 14.1. The monoisotopic (exact) mass is 495 g/mol. The minimum atomic E-state index is -0.408. The smallest absolute Gasteiger partial charge is 0.233 e. The number of nitrogens with zero attached hydrogens (tertiary/aromatic N) is 5. The second-order valence-corrected chi connectivity index (χ2v) is 9.15. The van der Waals surface area contributed by atoms with E-state index in [1.54, 1.807) is 18.2 Å². The van der Waals surface area contributed by atoms with E-state index in [1.807, 2.05) is 44.7 Å². The van der Waals surface area contributed by atoms with E-state index in [2.05, 4.69) is 16.8 Å². The third-order valence-corrected chi connectivity index (χ3v) is 6.96. The fourth-order valence-corrected chi connectivity index (χ4v) is 5.07. The summed E-state index contributed by atoms with van der Waals surface area (Å²) < 4.78 is 27.9. The Morgan fingerprint density at radius 3 is 2.60 bits per heavy atom. The Morgan fingerprint density at radius 1 is 1.09 bits per heavy atom. The van der Waals surface area contributed by atoms with Crippen LogP contribution in [-0.2, 0) is 11.3 Å². The van der Waals surface area contributed by atoms with Gasteiger partial charge in [-0.05, 0) is 24.3 Å². The van der Waals surface area contributed by atoms with Crippen molar-refractivity contribution in [3.05, 3.63) is 72.8 Å². The fraction of sp³-hybridized carbons (Fsp3) is 0.320. The van der Waals surface area contributed by atoms with Gasteiger partial charge in [0.2, 0.25) is 5.91 Å². The largest absolute Gasteiger partial charge is 0.485 e. The van der Waals surface area contributed by atoms with Crippen LogP contribution in [0.3, 0.4) is 0 Å². The van der Waals surface area contributed by atoms with Crippen LogP contribution in [0, 0.1) is 5.82 Å². The highest BCUT2D eigenvalue weighted by Crippen LogP contribution is 2.36. The van der Waals surface area contributed by atoms with Gasteiger partial charge in [0, 0.05) is 32.7 Å². The lowest BCUT2D eigenvalue weighted by atomic mass is 10.2. The number of benzene rings is 2. The molecule has 3 aromatic rings. The first-order valence-corrected chi connectivity index (χ1v) is 12.4. The summed E-state index contributed by atoms with van der Waals surface area (Å²) in [6.07, 6.45) is 1.35. The van der Waals surface area contributed by atoms with Gasteiger partial charge in [-0.2, -0.15) is 0 Å². The van der Waals surface area contributed by atoms with Crippen molar-refractivity contribution in [2.24, 2.45) is 0 Å². The van der Waals surface area contributed by atoms with Crippen LogP contribution in [0.15, 0.2) is 66.3 Å². The zero-order valence-corrected chi connectivity index (χ0v) is 20.0. The zero-order chi connectivity index (χ0) is 24.2. The normalized spacial score (nSPS) is 17.3. The van der Waals surface area contributed by atoms with Crippen LogP contribution < -0.4 is 14.4 Å². The number of fused-ring (bicyclic) bond motifs is 1. The molecular formula is C25H26FN5O3S. The molecule has 0 saturated carbocycles. The lowest BCUT2D eigenvalue weighted by Crippen LogP contribution is -2.49. The number of para-hydroxylation sites is 3. The van der Waals surface area contributed by atoms with E-state index >= 15 is 0 Å². The van der Waals surface area contributed by atoms with E-state index in [0.29, 0.717) is 67.5 Å². The molecule has 182 valence electrons. The van der Waals surface area contributed by atoms with Gasteiger partial charge in [0.1, 0.15) is 12.4 Å².